The van der Waals surface area contributed by atoms with Gasteiger partial charge in [-0.3, -0.25) is 0 Å². The summed E-state index contributed by atoms with van der Waals surface area (Å²) in [6.07, 6.45) is 0. The van der Waals surface area contributed by atoms with Crippen molar-refractivity contribution in [2.24, 2.45) is 0 Å². The van der Waals surface area contributed by atoms with Crippen LogP contribution in [0.15, 0.2) is 48.5 Å². The Balaban J connectivity index is 1.98. The molecule has 0 fully saturated rings. The lowest BCUT2D eigenvalue weighted by atomic mass is 10.1. The van der Waals surface area contributed by atoms with Gasteiger partial charge in [-0.25, -0.2) is 4.98 Å². The Bertz CT molecular complexity index is 1280. The Labute approximate surface area is 151 Å². The summed E-state index contributed by atoms with van der Waals surface area (Å²) in [7, 11) is 0. The van der Waals surface area contributed by atoms with Gasteiger partial charge in [-0.15, -0.1) is 25.2 Å². The third-order valence-electron chi connectivity index (χ3n) is 4.00. The van der Waals surface area contributed by atoms with E-state index in [-0.39, 0.29) is 5.28 Å². The fourth-order valence-corrected chi connectivity index (χ4v) is 3.25. The number of halogens is 2. The number of aromatic nitrogens is 6. The molecule has 5 aromatic rings. The van der Waals surface area contributed by atoms with E-state index in [1.54, 1.807) is 6.07 Å². The Morgan fingerprint density at radius 3 is 2.16 bits per heavy atom. The van der Waals surface area contributed by atoms with E-state index in [0.29, 0.717) is 32.8 Å². The Morgan fingerprint density at radius 2 is 1.36 bits per heavy atom. The van der Waals surface area contributed by atoms with E-state index in [9.17, 15) is 0 Å². The molecule has 0 aliphatic carbocycles. The molecule has 0 aliphatic heterocycles. The molecule has 120 valence electrons. The molecule has 0 saturated heterocycles. The summed E-state index contributed by atoms with van der Waals surface area (Å²) in [6.45, 7) is 0. The normalized spacial score (nSPS) is 11.6. The zero-order valence-corrected chi connectivity index (χ0v) is 14.1. The van der Waals surface area contributed by atoms with Crippen LogP contribution in [0, 0.1) is 0 Å². The second-order valence-electron chi connectivity index (χ2n) is 5.46. The summed E-state index contributed by atoms with van der Waals surface area (Å²) in [6, 6.07) is 15.2. The Morgan fingerprint density at radius 1 is 0.680 bits per heavy atom. The molecule has 0 atom stereocenters. The summed E-state index contributed by atoms with van der Waals surface area (Å²) in [4.78, 5) is 5.85. The van der Waals surface area contributed by atoms with Crippen molar-refractivity contribution in [3.05, 3.63) is 58.8 Å². The van der Waals surface area contributed by atoms with Crippen molar-refractivity contribution in [1.29, 1.82) is 0 Å². The van der Waals surface area contributed by atoms with Crippen molar-refractivity contribution in [3.8, 4) is 5.69 Å². The van der Waals surface area contributed by atoms with Crippen LogP contribution < -0.4 is 0 Å². The average Bonchev–Trinajstić information content (AvgIpc) is 3.07. The molecule has 8 heteroatoms. The van der Waals surface area contributed by atoms with E-state index < -0.39 is 0 Å². The standard InChI is InChI=1S/C17H8Cl2N6/c18-11-7-3-4-8-12(11)25-23-14-10-6-2-1-5-9(10)13-15(16(14)24-25)21-22-17(19)20-13/h1-8H. The molecule has 0 spiro atoms. The number of benzene rings is 3. The lowest BCUT2D eigenvalue weighted by molar-refractivity contribution is 0.766. The maximum Gasteiger partial charge on any atom is 0.243 e. The van der Waals surface area contributed by atoms with Gasteiger partial charge in [0.2, 0.25) is 5.28 Å². The van der Waals surface area contributed by atoms with Gasteiger partial charge in [0.05, 0.1) is 5.02 Å². The fourth-order valence-electron chi connectivity index (χ4n) is 2.92. The van der Waals surface area contributed by atoms with Crippen LogP contribution in [0.4, 0.5) is 0 Å². The molecule has 0 amide bonds. The summed E-state index contributed by atoms with van der Waals surface area (Å²) >= 11 is 12.2. The molecular formula is C17H8Cl2N6. The maximum atomic E-state index is 6.28. The number of hydrogen-bond acceptors (Lipinski definition) is 5. The Hall–Kier alpha value is -2.83. The predicted octanol–water partition coefficient (Wildman–Crippen LogP) is 4.22. The molecule has 3 aromatic carbocycles. The van der Waals surface area contributed by atoms with E-state index in [4.69, 9.17) is 23.2 Å². The topological polar surface area (TPSA) is 69.4 Å². The van der Waals surface area contributed by atoms with Crippen LogP contribution in [0.1, 0.15) is 0 Å². The van der Waals surface area contributed by atoms with Crippen LogP contribution in [0.2, 0.25) is 10.3 Å². The summed E-state index contributed by atoms with van der Waals surface area (Å²) in [5.41, 5.74) is 3.20. The monoisotopic (exact) mass is 366 g/mol. The van der Waals surface area contributed by atoms with Gasteiger partial charge in [-0.2, -0.15) is 0 Å². The van der Waals surface area contributed by atoms with Crippen molar-refractivity contribution < 1.29 is 0 Å². The van der Waals surface area contributed by atoms with Gasteiger partial charge in [0, 0.05) is 10.8 Å². The van der Waals surface area contributed by atoms with Crippen molar-refractivity contribution >= 4 is 56.0 Å². The first kappa shape index (κ1) is 14.5. The zero-order chi connectivity index (χ0) is 17.0. The zero-order valence-electron chi connectivity index (χ0n) is 12.6. The first-order chi connectivity index (χ1) is 12.2. The molecule has 25 heavy (non-hydrogen) atoms. The van der Waals surface area contributed by atoms with Crippen LogP contribution >= 0.6 is 23.2 Å². The lowest BCUT2D eigenvalue weighted by Crippen LogP contribution is -1.99. The highest BCUT2D eigenvalue weighted by Crippen LogP contribution is 2.32. The highest BCUT2D eigenvalue weighted by molar-refractivity contribution is 6.32. The molecule has 2 aromatic heterocycles. The van der Waals surface area contributed by atoms with E-state index in [0.717, 1.165) is 10.8 Å². The second-order valence-corrected chi connectivity index (χ2v) is 6.21. The lowest BCUT2D eigenvalue weighted by Gasteiger charge is -2.02. The number of fused-ring (bicyclic) bond motifs is 6. The SMILES string of the molecule is Clc1nnc2c(n1)c1ccccc1c1nn(-c3ccccc3Cl)nc12. The molecule has 6 nitrogen and oxygen atoms in total. The van der Waals surface area contributed by atoms with Crippen LogP contribution in [-0.4, -0.2) is 30.2 Å². The third-order valence-corrected chi connectivity index (χ3v) is 4.48. The smallest absolute Gasteiger partial charge is 0.214 e. The number of para-hydroxylation sites is 1. The molecule has 0 saturated carbocycles. The highest BCUT2D eigenvalue weighted by atomic mass is 35.5. The van der Waals surface area contributed by atoms with Crippen molar-refractivity contribution in [2.75, 3.05) is 0 Å². The first-order valence-corrected chi connectivity index (χ1v) is 8.20. The van der Waals surface area contributed by atoms with E-state index in [1.807, 2.05) is 42.5 Å². The predicted molar refractivity (Wildman–Crippen MR) is 97.3 cm³/mol. The molecule has 0 radical (unpaired) electrons. The van der Waals surface area contributed by atoms with Crippen molar-refractivity contribution in [2.45, 2.75) is 0 Å². The summed E-state index contributed by atoms with van der Waals surface area (Å²) < 4.78 is 0. The summed E-state index contributed by atoms with van der Waals surface area (Å²) in [5.74, 6) is 0. The minimum absolute atomic E-state index is 0.0931. The molecule has 2 heterocycles. The van der Waals surface area contributed by atoms with Gasteiger partial charge < -0.3 is 0 Å². The van der Waals surface area contributed by atoms with Crippen LogP contribution in [0.25, 0.3) is 38.5 Å². The van der Waals surface area contributed by atoms with E-state index >= 15 is 0 Å². The van der Waals surface area contributed by atoms with Crippen LogP contribution in [0.5, 0.6) is 0 Å². The Kier molecular flexibility index (Phi) is 3.10. The van der Waals surface area contributed by atoms with E-state index in [2.05, 4.69) is 25.4 Å². The van der Waals surface area contributed by atoms with Gasteiger partial charge in [0.25, 0.3) is 0 Å². The first-order valence-electron chi connectivity index (χ1n) is 7.45. The highest BCUT2D eigenvalue weighted by Gasteiger charge is 2.17. The number of nitrogens with zero attached hydrogens (tertiary/aromatic N) is 6. The molecule has 0 unspecified atom stereocenters. The minimum Gasteiger partial charge on any atom is -0.214 e. The molecule has 0 aliphatic rings. The second kappa shape index (κ2) is 5.34. The molecule has 5 rings (SSSR count). The van der Waals surface area contributed by atoms with Crippen LogP contribution in [0.3, 0.4) is 0 Å². The largest absolute Gasteiger partial charge is 0.243 e. The van der Waals surface area contributed by atoms with Gasteiger partial charge in [-0.05, 0) is 23.7 Å². The quantitative estimate of drug-likeness (QED) is 0.415. The molecule has 0 bridgehead atoms. The van der Waals surface area contributed by atoms with Crippen LogP contribution in [-0.2, 0) is 0 Å². The van der Waals surface area contributed by atoms with Crippen molar-refractivity contribution in [1.82, 2.24) is 30.2 Å². The molecule has 0 N–H and O–H groups in total. The number of rotatable bonds is 1. The molecular weight excluding hydrogens is 359 g/mol. The van der Waals surface area contributed by atoms with Crippen molar-refractivity contribution in [3.63, 3.8) is 0 Å². The van der Waals surface area contributed by atoms with Gasteiger partial charge in [0.1, 0.15) is 27.8 Å². The number of hydrogen-bond donors (Lipinski definition) is 0. The fraction of sp³-hybridized carbons (Fsp3) is 0. The van der Waals surface area contributed by atoms with Gasteiger partial charge >= 0.3 is 0 Å². The van der Waals surface area contributed by atoms with E-state index in [1.165, 1.54) is 4.80 Å². The maximum absolute atomic E-state index is 6.28. The average molecular weight is 367 g/mol. The van der Waals surface area contributed by atoms with Gasteiger partial charge in [0.15, 0.2) is 0 Å². The summed E-state index contributed by atoms with van der Waals surface area (Å²) in [5, 5.41) is 19.7. The minimum atomic E-state index is 0.0931. The third kappa shape index (κ3) is 2.15. The van der Waals surface area contributed by atoms with Gasteiger partial charge in [-0.1, -0.05) is 48.0 Å².